The molecule has 0 atom stereocenters. The van der Waals surface area contributed by atoms with Gasteiger partial charge in [0.25, 0.3) is 5.91 Å². The Morgan fingerprint density at radius 3 is 2.37 bits per heavy atom. The Hall–Kier alpha value is -2.01. The van der Waals surface area contributed by atoms with Gasteiger partial charge in [-0.25, -0.2) is 0 Å². The molecule has 4 nitrogen and oxygen atoms in total. The van der Waals surface area contributed by atoms with Crippen molar-refractivity contribution in [3.05, 3.63) is 52.0 Å². The highest BCUT2D eigenvalue weighted by molar-refractivity contribution is 9.10. The number of carbonyl (C=O) groups excluding carboxylic acids is 1. The third kappa shape index (κ3) is 3.26. The SMILES string of the molecule is Cc1ccc(Br)cc1NC(=O)c1cc(O)cc(O)c1. The maximum atomic E-state index is 12.0. The van der Waals surface area contributed by atoms with Crippen LogP contribution in [0.25, 0.3) is 0 Å². The van der Waals surface area contributed by atoms with Gasteiger partial charge in [-0.15, -0.1) is 0 Å². The van der Waals surface area contributed by atoms with Crippen molar-refractivity contribution in [2.24, 2.45) is 0 Å². The van der Waals surface area contributed by atoms with Crippen LogP contribution in [0.3, 0.4) is 0 Å². The number of hydrogen-bond donors (Lipinski definition) is 3. The van der Waals surface area contributed by atoms with Crippen LogP contribution >= 0.6 is 15.9 Å². The molecule has 2 aromatic rings. The first-order valence-electron chi connectivity index (χ1n) is 5.56. The van der Waals surface area contributed by atoms with Crippen LogP contribution in [-0.2, 0) is 0 Å². The van der Waals surface area contributed by atoms with E-state index in [1.54, 1.807) is 6.07 Å². The lowest BCUT2D eigenvalue weighted by Gasteiger charge is -2.09. The normalized spacial score (nSPS) is 10.2. The molecule has 0 fully saturated rings. The van der Waals surface area contributed by atoms with Crippen LogP contribution in [0.1, 0.15) is 15.9 Å². The highest BCUT2D eigenvalue weighted by atomic mass is 79.9. The summed E-state index contributed by atoms with van der Waals surface area (Å²) >= 11 is 3.33. The maximum absolute atomic E-state index is 12.0. The first kappa shape index (κ1) is 13.4. The Morgan fingerprint density at radius 2 is 1.74 bits per heavy atom. The Kier molecular flexibility index (Phi) is 3.76. The average molecular weight is 322 g/mol. The third-order valence-electron chi connectivity index (χ3n) is 2.61. The number of nitrogens with one attached hydrogen (secondary N) is 1. The van der Waals surface area contributed by atoms with Gasteiger partial charge in [-0.1, -0.05) is 22.0 Å². The maximum Gasteiger partial charge on any atom is 0.255 e. The van der Waals surface area contributed by atoms with Gasteiger partial charge >= 0.3 is 0 Å². The molecule has 0 aliphatic heterocycles. The van der Waals surface area contributed by atoms with Crippen LogP contribution in [0.2, 0.25) is 0 Å². The largest absolute Gasteiger partial charge is 0.508 e. The number of benzene rings is 2. The molecule has 0 aromatic heterocycles. The summed E-state index contributed by atoms with van der Waals surface area (Å²) in [6, 6.07) is 9.30. The topological polar surface area (TPSA) is 69.6 Å². The first-order chi connectivity index (χ1) is 8.95. The fourth-order valence-electron chi connectivity index (χ4n) is 1.65. The van der Waals surface area contributed by atoms with Gasteiger partial charge < -0.3 is 15.5 Å². The molecule has 98 valence electrons. The summed E-state index contributed by atoms with van der Waals surface area (Å²) in [5, 5.41) is 21.5. The van der Waals surface area contributed by atoms with E-state index < -0.39 is 5.91 Å². The van der Waals surface area contributed by atoms with Gasteiger partial charge in [-0.2, -0.15) is 0 Å². The van der Waals surface area contributed by atoms with E-state index in [4.69, 9.17) is 0 Å². The van der Waals surface area contributed by atoms with E-state index in [0.29, 0.717) is 5.69 Å². The average Bonchev–Trinajstić information content (AvgIpc) is 2.32. The van der Waals surface area contributed by atoms with Gasteiger partial charge in [0.2, 0.25) is 0 Å². The number of amides is 1. The Balaban J connectivity index is 2.28. The Labute approximate surface area is 118 Å². The molecule has 0 aliphatic rings. The lowest BCUT2D eigenvalue weighted by atomic mass is 10.1. The van der Waals surface area contributed by atoms with Crippen molar-refractivity contribution in [3.8, 4) is 11.5 Å². The Morgan fingerprint density at radius 1 is 1.11 bits per heavy atom. The van der Waals surface area contributed by atoms with Gasteiger partial charge in [-0.05, 0) is 36.8 Å². The van der Waals surface area contributed by atoms with Crippen molar-refractivity contribution in [2.45, 2.75) is 6.92 Å². The predicted octanol–water partition coefficient (Wildman–Crippen LogP) is 3.42. The second kappa shape index (κ2) is 5.32. The smallest absolute Gasteiger partial charge is 0.255 e. The van der Waals surface area contributed by atoms with E-state index in [1.807, 2.05) is 19.1 Å². The third-order valence-corrected chi connectivity index (χ3v) is 3.11. The van der Waals surface area contributed by atoms with Crippen molar-refractivity contribution in [3.63, 3.8) is 0 Å². The minimum absolute atomic E-state index is 0.156. The molecule has 0 radical (unpaired) electrons. The molecule has 0 saturated carbocycles. The Bertz CT molecular complexity index is 620. The van der Waals surface area contributed by atoms with Crippen LogP contribution in [0.5, 0.6) is 11.5 Å². The minimum atomic E-state index is -0.396. The molecule has 0 heterocycles. The minimum Gasteiger partial charge on any atom is -0.508 e. The van der Waals surface area contributed by atoms with Crippen molar-refractivity contribution in [2.75, 3.05) is 5.32 Å². The molecule has 19 heavy (non-hydrogen) atoms. The fraction of sp³-hybridized carbons (Fsp3) is 0.0714. The first-order valence-corrected chi connectivity index (χ1v) is 6.35. The van der Waals surface area contributed by atoms with Crippen molar-refractivity contribution < 1.29 is 15.0 Å². The van der Waals surface area contributed by atoms with Gasteiger partial charge in [-0.3, -0.25) is 4.79 Å². The number of phenols is 2. The summed E-state index contributed by atoms with van der Waals surface area (Å²) in [6.07, 6.45) is 0. The van der Waals surface area contributed by atoms with Crippen molar-refractivity contribution in [1.82, 2.24) is 0 Å². The van der Waals surface area contributed by atoms with E-state index in [9.17, 15) is 15.0 Å². The number of aromatic hydroxyl groups is 2. The second-order valence-electron chi connectivity index (χ2n) is 4.15. The summed E-state index contributed by atoms with van der Waals surface area (Å²) in [4.78, 5) is 12.0. The monoisotopic (exact) mass is 321 g/mol. The van der Waals surface area contributed by atoms with E-state index in [0.717, 1.165) is 10.0 Å². The molecule has 0 bridgehead atoms. The highest BCUT2D eigenvalue weighted by Crippen LogP contribution is 2.24. The fourth-order valence-corrected chi connectivity index (χ4v) is 2.01. The summed E-state index contributed by atoms with van der Waals surface area (Å²) in [5.74, 6) is -0.709. The standard InChI is InChI=1S/C14H12BrNO3/c1-8-2-3-10(15)6-13(8)16-14(19)9-4-11(17)7-12(18)5-9/h2-7,17-18H,1H3,(H,16,19). The molecule has 2 aromatic carbocycles. The quantitative estimate of drug-likeness (QED) is 0.793. The molecule has 3 N–H and O–H groups in total. The number of carbonyl (C=O) groups is 1. The molecular formula is C14H12BrNO3. The zero-order valence-corrected chi connectivity index (χ0v) is 11.7. The number of phenolic OH excluding ortho intramolecular Hbond substituents is 2. The van der Waals surface area contributed by atoms with Crippen LogP contribution < -0.4 is 5.32 Å². The zero-order chi connectivity index (χ0) is 14.0. The molecule has 0 saturated heterocycles. The number of halogens is 1. The van der Waals surface area contributed by atoms with Crippen molar-refractivity contribution in [1.29, 1.82) is 0 Å². The summed E-state index contributed by atoms with van der Waals surface area (Å²) in [7, 11) is 0. The molecule has 1 amide bonds. The molecule has 0 aliphatic carbocycles. The van der Waals surface area contributed by atoms with Crippen LogP contribution in [0.4, 0.5) is 5.69 Å². The molecule has 5 heteroatoms. The van der Waals surface area contributed by atoms with E-state index in [1.165, 1.54) is 18.2 Å². The van der Waals surface area contributed by atoms with Crippen LogP contribution in [0.15, 0.2) is 40.9 Å². The summed E-state index contributed by atoms with van der Waals surface area (Å²) in [5.41, 5.74) is 1.78. The number of anilines is 1. The summed E-state index contributed by atoms with van der Waals surface area (Å²) in [6.45, 7) is 1.88. The van der Waals surface area contributed by atoms with E-state index in [-0.39, 0.29) is 17.1 Å². The second-order valence-corrected chi connectivity index (χ2v) is 5.07. The summed E-state index contributed by atoms with van der Waals surface area (Å²) < 4.78 is 0.854. The number of hydrogen-bond acceptors (Lipinski definition) is 3. The van der Waals surface area contributed by atoms with Gasteiger partial charge in [0.05, 0.1) is 0 Å². The van der Waals surface area contributed by atoms with Crippen molar-refractivity contribution >= 4 is 27.5 Å². The van der Waals surface area contributed by atoms with Crippen LogP contribution in [0, 0.1) is 6.92 Å². The highest BCUT2D eigenvalue weighted by Gasteiger charge is 2.10. The molecule has 2 rings (SSSR count). The van der Waals surface area contributed by atoms with Crippen LogP contribution in [-0.4, -0.2) is 16.1 Å². The lowest BCUT2D eigenvalue weighted by molar-refractivity contribution is 0.102. The number of rotatable bonds is 2. The van der Waals surface area contributed by atoms with Gasteiger partial charge in [0, 0.05) is 21.8 Å². The molecule has 0 spiro atoms. The zero-order valence-electron chi connectivity index (χ0n) is 10.1. The number of aryl methyl sites for hydroxylation is 1. The molecule has 0 unspecified atom stereocenters. The predicted molar refractivity (Wildman–Crippen MR) is 76.6 cm³/mol. The van der Waals surface area contributed by atoms with E-state index >= 15 is 0 Å². The van der Waals surface area contributed by atoms with E-state index in [2.05, 4.69) is 21.2 Å². The molecular weight excluding hydrogens is 310 g/mol. The lowest BCUT2D eigenvalue weighted by Crippen LogP contribution is -2.12. The van der Waals surface area contributed by atoms with Gasteiger partial charge in [0.15, 0.2) is 0 Å². The van der Waals surface area contributed by atoms with Gasteiger partial charge in [0.1, 0.15) is 11.5 Å².